The van der Waals surface area contributed by atoms with E-state index in [2.05, 4.69) is 15.9 Å². The molecular formula is C10H11BrN2O3. The third kappa shape index (κ3) is 3.04. The molecule has 0 unspecified atom stereocenters. The van der Waals surface area contributed by atoms with Crippen LogP contribution in [-0.4, -0.2) is 22.9 Å². The van der Waals surface area contributed by atoms with Gasteiger partial charge in [0.15, 0.2) is 5.78 Å². The number of benzene rings is 1. The highest BCUT2D eigenvalue weighted by Crippen LogP contribution is 2.20. The minimum Gasteiger partial charge on any atom is -0.480 e. The summed E-state index contributed by atoms with van der Waals surface area (Å²) in [6.45, 7) is 0. The molecule has 0 amide bonds. The Balaban J connectivity index is 2.88. The van der Waals surface area contributed by atoms with Crippen LogP contribution in [0.3, 0.4) is 0 Å². The summed E-state index contributed by atoms with van der Waals surface area (Å²) >= 11 is 3.20. The number of nitrogens with two attached hydrogens (primary N) is 2. The van der Waals surface area contributed by atoms with Gasteiger partial charge in [-0.25, -0.2) is 0 Å². The lowest BCUT2D eigenvalue weighted by Crippen LogP contribution is -2.32. The molecule has 1 aromatic carbocycles. The number of Topliss-reactive ketones (excluding diaryl/α,β-unsaturated/α-hetero) is 1. The molecule has 0 aliphatic rings. The molecule has 0 saturated carbocycles. The summed E-state index contributed by atoms with van der Waals surface area (Å²) in [4.78, 5) is 22.2. The van der Waals surface area contributed by atoms with Gasteiger partial charge in [-0.05, 0) is 18.2 Å². The summed E-state index contributed by atoms with van der Waals surface area (Å²) in [7, 11) is 0. The van der Waals surface area contributed by atoms with Crippen LogP contribution in [-0.2, 0) is 4.79 Å². The zero-order chi connectivity index (χ0) is 12.3. The Hall–Kier alpha value is -1.40. The van der Waals surface area contributed by atoms with E-state index in [-0.39, 0.29) is 17.8 Å². The van der Waals surface area contributed by atoms with Crippen molar-refractivity contribution in [1.82, 2.24) is 0 Å². The number of ketones is 1. The number of hydrogen-bond donors (Lipinski definition) is 3. The summed E-state index contributed by atoms with van der Waals surface area (Å²) in [5, 5.41) is 8.58. The number of nitrogen functional groups attached to an aromatic ring is 1. The molecular weight excluding hydrogens is 276 g/mol. The molecule has 1 atom stereocenters. The van der Waals surface area contributed by atoms with E-state index in [9.17, 15) is 9.59 Å². The first-order chi connectivity index (χ1) is 7.41. The summed E-state index contributed by atoms with van der Waals surface area (Å²) in [5.74, 6) is -1.59. The van der Waals surface area contributed by atoms with Crippen LogP contribution in [0.4, 0.5) is 5.69 Å². The number of halogens is 1. The molecule has 0 bridgehead atoms. The molecule has 1 rings (SSSR count). The smallest absolute Gasteiger partial charge is 0.320 e. The Bertz CT molecular complexity index is 434. The average molecular weight is 287 g/mol. The second-order valence-electron chi connectivity index (χ2n) is 3.30. The Kier molecular flexibility index (Phi) is 4.03. The fourth-order valence-electron chi connectivity index (χ4n) is 1.17. The highest BCUT2D eigenvalue weighted by atomic mass is 79.9. The highest BCUT2D eigenvalue weighted by molar-refractivity contribution is 9.10. The minimum atomic E-state index is -1.21. The van der Waals surface area contributed by atoms with Crippen LogP contribution < -0.4 is 11.5 Å². The van der Waals surface area contributed by atoms with Crippen molar-refractivity contribution in [2.75, 3.05) is 5.73 Å². The van der Waals surface area contributed by atoms with Gasteiger partial charge in [0.2, 0.25) is 0 Å². The topological polar surface area (TPSA) is 106 Å². The summed E-state index contributed by atoms with van der Waals surface area (Å²) in [6, 6.07) is 3.62. The third-order valence-electron chi connectivity index (χ3n) is 2.04. The van der Waals surface area contributed by atoms with Crippen LogP contribution in [0, 0.1) is 0 Å². The van der Waals surface area contributed by atoms with Crippen molar-refractivity contribution in [3.63, 3.8) is 0 Å². The minimum absolute atomic E-state index is 0.268. The Morgan fingerprint density at radius 1 is 1.44 bits per heavy atom. The molecule has 0 fully saturated rings. The monoisotopic (exact) mass is 286 g/mol. The van der Waals surface area contributed by atoms with Gasteiger partial charge in [-0.3, -0.25) is 9.59 Å². The third-order valence-corrected chi connectivity index (χ3v) is 2.53. The lowest BCUT2D eigenvalue weighted by Gasteiger charge is -2.08. The van der Waals surface area contributed by atoms with Gasteiger partial charge >= 0.3 is 5.97 Å². The Morgan fingerprint density at radius 3 is 2.62 bits per heavy atom. The van der Waals surface area contributed by atoms with E-state index in [4.69, 9.17) is 16.6 Å². The number of hydrogen-bond acceptors (Lipinski definition) is 4. The number of anilines is 1. The predicted molar refractivity (Wildman–Crippen MR) is 63.1 cm³/mol. The standard InChI is InChI=1S/C10H11BrN2O3/c11-5-1-2-7(12)6(3-5)9(14)4-8(13)10(15)16/h1-3,8H,4,12-13H2,(H,15,16)/t8-/m0/s1. The normalized spacial score (nSPS) is 12.1. The van der Waals surface area contributed by atoms with Crippen molar-refractivity contribution in [2.45, 2.75) is 12.5 Å². The number of aliphatic carboxylic acids is 1. The molecule has 1 aromatic rings. The molecule has 0 saturated heterocycles. The van der Waals surface area contributed by atoms with Crippen molar-refractivity contribution in [3.8, 4) is 0 Å². The van der Waals surface area contributed by atoms with Crippen molar-refractivity contribution in [2.24, 2.45) is 5.73 Å². The molecule has 86 valence electrons. The number of carbonyl (C=O) groups excluding carboxylic acids is 1. The summed E-state index contributed by atoms with van der Waals surface area (Å²) < 4.78 is 0.703. The van der Waals surface area contributed by atoms with E-state index >= 15 is 0 Å². The number of rotatable bonds is 4. The van der Waals surface area contributed by atoms with Crippen LogP contribution in [0.5, 0.6) is 0 Å². The number of carboxylic acid groups (broad SMARTS) is 1. The van der Waals surface area contributed by atoms with Crippen molar-refractivity contribution in [1.29, 1.82) is 0 Å². The molecule has 0 aliphatic heterocycles. The lowest BCUT2D eigenvalue weighted by atomic mass is 10.0. The average Bonchev–Trinajstić information content (AvgIpc) is 2.21. The van der Waals surface area contributed by atoms with E-state index in [0.29, 0.717) is 10.2 Å². The fourth-order valence-corrected chi connectivity index (χ4v) is 1.53. The first-order valence-electron chi connectivity index (χ1n) is 4.48. The van der Waals surface area contributed by atoms with Gasteiger partial charge in [0.1, 0.15) is 6.04 Å². The van der Waals surface area contributed by atoms with Crippen LogP contribution in [0.25, 0.3) is 0 Å². The first kappa shape index (κ1) is 12.7. The number of carboxylic acids is 1. The van der Waals surface area contributed by atoms with Gasteiger partial charge < -0.3 is 16.6 Å². The molecule has 0 aromatic heterocycles. The fraction of sp³-hybridized carbons (Fsp3) is 0.200. The molecule has 5 N–H and O–H groups in total. The van der Waals surface area contributed by atoms with E-state index in [1.807, 2.05) is 0 Å². The molecule has 6 heteroatoms. The maximum Gasteiger partial charge on any atom is 0.320 e. The molecule has 0 radical (unpaired) electrons. The largest absolute Gasteiger partial charge is 0.480 e. The maximum atomic E-state index is 11.7. The van der Waals surface area contributed by atoms with Crippen molar-refractivity contribution >= 4 is 33.4 Å². The van der Waals surface area contributed by atoms with Gasteiger partial charge in [0, 0.05) is 22.1 Å². The van der Waals surface area contributed by atoms with Crippen molar-refractivity contribution in [3.05, 3.63) is 28.2 Å². The first-order valence-corrected chi connectivity index (χ1v) is 5.27. The molecule has 5 nitrogen and oxygen atoms in total. The van der Waals surface area contributed by atoms with Crippen LogP contribution in [0.2, 0.25) is 0 Å². The Morgan fingerprint density at radius 2 is 2.06 bits per heavy atom. The highest BCUT2D eigenvalue weighted by Gasteiger charge is 2.19. The van der Waals surface area contributed by atoms with E-state index in [0.717, 1.165) is 0 Å². The van der Waals surface area contributed by atoms with Gasteiger partial charge in [0.25, 0.3) is 0 Å². The number of carbonyl (C=O) groups is 2. The van der Waals surface area contributed by atoms with E-state index < -0.39 is 12.0 Å². The zero-order valence-electron chi connectivity index (χ0n) is 8.31. The maximum absolute atomic E-state index is 11.7. The molecule has 0 heterocycles. The van der Waals surface area contributed by atoms with Gasteiger partial charge in [-0.2, -0.15) is 0 Å². The van der Waals surface area contributed by atoms with Crippen LogP contribution in [0.15, 0.2) is 22.7 Å². The second-order valence-corrected chi connectivity index (χ2v) is 4.22. The quantitative estimate of drug-likeness (QED) is 0.566. The Labute approximate surface area is 101 Å². The predicted octanol–water partition coefficient (Wildman–Crippen LogP) is 1.02. The van der Waals surface area contributed by atoms with E-state index in [1.165, 1.54) is 0 Å². The van der Waals surface area contributed by atoms with Crippen LogP contribution >= 0.6 is 15.9 Å². The summed E-state index contributed by atoms with van der Waals surface area (Å²) in [6.07, 6.45) is -0.268. The van der Waals surface area contributed by atoms with Crippen LogP contribution in [0.1, 0.15) is 16.8 Å². The van der Waals surface area contributed by atoms with E-state index in [1.54, 1.807) is 18.2 Å². The van der Waals surface area contributed by atoms with Crippen molar-refractivity contribution < 1.29 is 14.7 Å². The van der Waals surface area contributed by atoms with Gasteiger partial charge in [0.05, 0.1) is 0 Å². The lowest BCUT2D eigenvalue weighted by molar-refractivity contribution is -0.138. The SMILES string of the molecule is Nc1ccc(Br)cc1C(=O)C[C@H](N)C(=O)O. The zero-order valence-corrected chi connectivity index (χ0v) is 9.90. The second kappa shape index (κ2) is 5.09. The summed E-state index contributed by atoms with van der Waals surface area (Å²) in [5.41, 5.74) is 11.5. The van der Waals surface area contributed by atoms with Gasteiger partial charge in [-0.1, -0.05) is 15.9 Å². The molecule has 16 heavy (non-hydrogen) atoms. The molecule has 0 spiro atoms. The molecule has 0 aliphatic carbocycles. The van der Waals surface area contributed by atoms with Gasteiger partial charge in [-0.15, -0.1) is 0 Å².